The number of nitrogens with zero attached hydrogens (tertiary/aromatic N) is 3. The minimum atomic E-state index is -3.38. The highest BCUT2D eigenvalue weighted by atomic mass is 32.2. The summed E-state index contributed by atoms with van der Waals surface area (Å²) in [6.07, 6.45) is 1.81. The summed E-state index contributed by atoms with van der Waals surface area (Å²) in [5.74, 6) is 0. The summed E-state index contributed by atoms with van der Waals surface area (Å²) in [7, 11) is -1.23. The van der Waals surface area contributed by atoms with E-state index in [1.807, 2.05) is 13.8 Å². The van der Waals surface area contributed by atoms with Gasteiger partial charge in [-0.05, 0) is 40.3 Å². The van der Waals surface area contributed by atoms with Gasteiger partial charge in [-0.25, -0.2) is 4.72 Å². The van der Waals surface area contributed by atoms with Crippen molar-refractivity contribution in [2.75, 3.05) is 59.4 Å². The number of likely N-dealkylation sites (N-methyl/N-ethyl adjacent to an activating group) is 1. The molecule has 0 saturated carbocycles. The van der Waals surface area contributed by atoms with Gasteiger partial charge in [-0.15, -0.1) is 0 Å². The molecular weight excluding hydrogens is 316 g/mol. The van der Waals surface area contributed by atoms with E-state index in [0.29, 0.717) is 19.6 Å². The highest BCUT2D eigenvalue weighted by Crippen LogP contribution is 2.13. The van der Waals surface area contributed by atoms with Crippen LogP contribution >= 0.6 is 0 Å². The van der Waals surface area contributed by atoms with E-state index in [-0.39, 0.29) is 12.2 Å². The highest BCUT2D eigenvalue weighted by Gasteiger charge is 2.30. The maximum atomic E-state index is 12.3. The van der Waals surface area contributed by atoms with Crippen molar-refractivity contribution in [3.05, 3.63) is 0 Å². The van der Waals surface area contributed by atoms with Gasteiger partial charge >= 0.3 is 0 Å². The summed E-state index contributed by atoms with van der Waals surface area (Å²) >= 11 is 0. The van der Waals surface area contributed by atoms with Gasteiger partial charge in [-0.2, -0.15) is 12.7 Å². The van der Waals surface area contributed by atoms with Crippen molar-refractivity contribution >= 4 is 10.2 Å². The van der Waals surface area contributed by atoms with Crippen LogP contribution in [0.2, 0.25) is 0 Å². The summed E-state index contributed by atoms with van der Waals surface area (Å²) in [4.78, 5) is 4.80. The van der Waals surface area contributed by atoms with Crippen molar-refractivity contribution < 1.29 is 13.2 Å². The molecule has 0 aromatic heterocycles. The highest BCUT2D eigenvalue weighted by molar-refractivity contribution is 7.87. The first-order valence-corrected chi connectivity index (χ1v) is 10.1. The molecule has 2 aliphatic heterocycles. The zero-order chi connectivity index (χ0) is 16.9. The Balaban J connectivity index is 1.63. The van der Waals surface area contributed by atoms with Crippen LogP contribution in [-0.4, -0.2) is 94.1 Å². The van der Waals surface area contributed by atoms with Crippen LogP contribution < -0.4 is 4.72 Å². The van der Waals surface area contributed by atoms with Crippen LogP contribution in [0.3, 0.4) is 0 Å². The zero-order valence-corrected chi connectivity index (χ0v) is 15.5. The van der Waals surface area contributed by atoms with E-state index in [2.05, 4.69) is 21.6 Å². The van der Waals surface area contributed by atoms with Crippen LogP contribution in [0, 0.1) is 0 Å². The van der Waals surface area contributed by atoms with Gasteiger partial charge in [0.2, 0.25) is 0 Å². The van der Waals surface area contributed by atoms with Gasteiger partial charge in [0.15, 0.2) is 0 Å². The first kappa shape index (κ1) is 19.1. The third kappa shape index (κ3) is 6.28. The maximum Gasteiger partial charge on any atom is 0.279 e. The Morgan fingerprint density at radius 2 is 1.65 bits per heavy atom. The third-order valence-electron chi connectivity index (χ3n) is 4.51. The van der Waals surface area contributed by atoms with Crippen molar-refractivity contribution in [3.63, 3.8) is 0 Å². The minimum absolute atomic E-state index is 0.0486. The van der Waals surface area contributed by atoms with Gasteiger partial charge in [0.1, 0.15) is 0 Å². The predicted octanol–water partition coefficient (Wildman–Crippen LogP) is -0.0424. The van der Waals surface area contributed by atoms with Gasteiger partial charge in [0, 0.05) is 45.8 Å². The van der Waals surface area contributed by atoms with Crippen molar-refractivity contribution in [2.24, 2.45) is 0 Å². The molecule has 23 heavy (non-hydrogen) atoms. The smallest absolute Gasteiger partial charge is 0.279 e. The minimum Gasteiger partial charge on any atom is -0.373 e. The molecule has 2 saturated heterocycles. The molecule has 0 radical (unpaired) electrons. The molecule has 2 heterocycles. The molecular formula is C15H32N4O3S. The first-order chi connectivity index (χ1) is 10.9. The molecule has 0 aromatic carbocycles. The summed E-state index contributed by atoms with van der Waals surface area (Å²) in [6, 6.07) is 0. The van der Waals surface area contributed by atoms with Crippen molar-refractivity contribution in [2.45, 2.75) is 38.9 Å². The Morgan fingerprint density at radius 1 is 1.04 bits per heavy atom. The quantitative estimate of drug-likeness (QED) is 0.654. The average Bonchev–Trinajstić information content (AvgIpc) is 2.48. The number of hydrogen-bond acceptors (Lipinski definition) is 5. The van der Waals surface area contributed by atoms with Gasteiger partial charge < -0.3 is 14.5 Å². The van der Waals surface area contributed by atoms with Crippen LogP contribution in [0.5, 0.6) is 0 Å². The molecule has 2 atom stereocenters. The Hall–Kier alpha value is -0.250. The fourth-order valence-corrected chi connectivity index (χ4v) is 4.55. The van der Waals surface area contributed by atoms with E-state index in [1.54, 1.807) is 0 Å². The topological polar surface area (TPSA) is 65.1 Å². The lowest BCUT2D eigenvalue weighted by atomic mass is 10.2. The van der Waals surface area contributed by atoms with Gasteiger partial charge in [0.25, 0.3) is 10.2 Å². The van der Waals surface area contributed by atoms with Crippen molar-refractivity contribution in [1.29, 1.82) is 0 Å². The summed E-state index contributed by atoms with van der Waals surface area (Å²) in [5, 5.41) is 0. The van der Waals surface area contributed by atoms with Crippen LogP contribution in [0.4, 0.5) is 0 Å². The molecule has 2 rings (SSSR count). The molecule has 2 fully saturated rings. The molecule has 7 nitrogen and oxygen atoms in total. The maximum absolute atomic E-state index is 12.3. The van der Waals surface area contributed by atoms with Gasteiger partial charge in [-0.3, -0.25) is 0 Å². The van der Waals surface area contributed by atoms with Crippen LogP contribution in [0.25, 0.3) is 0 Å². The molecule has 0 aliphatic carbocycles. The Morgan fingerprint density at radius 3 is 2.26 bits per heavy atom. The van der Waals surface area contributed by atoms with Crippen LogP contribution in [0.1, 0.15) is 26.7 Å². The molecule has 2 aliphatic rings. The van der Waals surface area contributed by atoms with E-state index in [4.69, 9.17) is 4.74 Å². The molecule has 8 heteroatoms. The number of piperazine rings is 1. The lowest BCUT2D eigenvalue weighted by molar-refractivity contribution is -0.0443. The second-order valence-corrected chi connectivity index (χ2v) is 8.58. The predicted molar refractivity (Wildman–Crippen MR) is 91.7 cm³/mol. The normalized spacial score (nSPS) is 29.0. The van der Waals surface area contributed by atoms with Crippen LogP contribution in [-0.2, 0) is 14.9 Å². The Bertz CT molecular complexity index is 442. The summed E-state index contributed by atoms with van der Waals surface area (Å²) < 4.78 is 34.5. The van der Waals surface area contributed by atoms with Crippen LogP contribution in [0.15, 0.2) is 0 Å². The van der Waals surface area contributed by atoms with E-state index >= 15 is 0 Å². The molecule has 0 aromatic rings. The Kier molecular flexibility index (Phi) is 7.24. The molecule has 0 spiro atoms. The molecule has 136 valence electrons. The molecule has 0 bridgehead atoms. The number of hydrogen-bond donors (Lipinski definition) is 1. The number of morpholine rings is 1. The first-order valence-electron chi connectivity index (χ1n) is 8.68. The van der Waals surface area contributed by atoms with Crippen molar-refractivity contribution in [3.8, 4) is 0 Å². The number of nitrogens with one attached hydrogen (secondary N) is 1. The SMILES string of the molecule is C[C@@H]1CN(S(=O)(=O)NCCCCN2CCN(C)CC2)C[C@H](C)O1. The average molecular weight is 349 g/mol. The molecule has 0 amide bonds. The third-order valence-corrected chi connectivity index (χ3v) is 6.05. The number of rotatable bonds is 7. The molecule has 0 unspecified atom stereocenters. The Labute approximate surface area is 141 Å². The van der Waals surface area contributed by atoms with E-state index < -0.39 is 10.2 Å². The lowest BCUT2D eigenvalue weighted by Gasteiger charge is -2.34. The zero-order valence-electron chi connectivity index (χ0n) is 14.7. The summed E-state index contributed by atoms with van der Waals surface area (Å²) in [5.41, 5.74) is 0. The largest absolute Gasteiger partial charge is 0.373 e. The molecule has 1 N–H and O–H groups in total. The second kappa shape index (κ2) is 8.73. The van der Waals surface area contributed by atoms with Gasteiger partial charge in [0.05, 0.1) is 12.2 Å². The standard InChI is InChI=1S/C15H32N4O3S/c1-14-12-19(13-15(2)22-14)23(20,21)16-6-4-5-7-18-10-8-17(3)9-11-18/h14-16H,4-13H2,1-3H3/t14-,15+. The summed E-state index contributed by atoms with van der Waals surface area (Å²) in [6.45, 7) is 10.7. The van der Waals surface area contributed by atoms with E-state index in [0.717, 1.165) is 45.6 Å². The van der Waals surface area contributed by atoms with E-state index in [9.17, 15) is 8.42 Å². The van der Waals surface area contributed by atoms with Crippen molar-refractivity contribution in [1.82, 2.24) is 18.8 Å². The van der Waals surface area contributed by atoms with Gasteiger partial charge in [-0.1, -0.05) is 0 Å². The second-order valence-electron chi connectivity index (χ2n) is 6.83. The lowest BCUT2D eigenvalue weighted by Crippen LogP contribution is -2.52. The monoisotopic (exact) mass is 348 g/mol. The number of ether oxygens (including phenoxy) is 1. The fraction of sp³-hybridized carbons (Fsp3) is 1.00. The number of unbranched alkanes of at least 4 members (excludes halogenated alkanes) is 1. The fourth-order valence-electron chi connectivity index (χ4n) is 3.15. The van der Waals surface area contributed by atoms with E-state index in [1.165, 1.54) is 4.31 Å².